The van der Waals surface area contributed by atoms with Crippen LogP contribution in [0.25, 0.3) is 6.08 Å². The largest absolute Gasteiger partial charge is 0.493 e. The summed E-state index contributed by atoms with van der Waals surface area (Å²) < 4.78 is 17.3. The van der Waals surface area contributed by atoms with Crippen molar-refractivity contribution in [2.45, 2.75) is 13.5 Å². The SMILES string of the molecule is COC(=O)COc1cc(/C=C/Cn2cccc2C(=O)c2ccc(C)cc2)ccc1OC. The minimum Gasteiger partial charge on any atom is -0.493 e. The number of allylic oxidation sites excluding steroid dienone is 1. The van der Waals surface area contributed by atoms with Crippen LogP contribution < -0.4 is 9.47 Å². The molecule has 0 saturated heterocycles. The van der Waals surface area contributed by atoms with Crippen LogP contribution in [0.5, 0.6) is 11.5 Å². The summed E-state index contributed by atoms with van der Waals surface area (Å²) in [5.74, 6) is 0.492. The van der Waals surface area contributed by atoms with Gasteiger partial charge in [-0.25, -0.2) is 4.79 Å². The average molecular weight is 419 g/mol. The molecule has 0 aliphatic rings. The minimum atomic E-state index is -0.471. The lowest BCUT2D eigenvalue weighted by Crippen LogP contribution is -2.13. The highest BCUT2D eigenvalue weighted by Gasteiger charge is 2.12. The predicted octanol–water partition coefficient (Wildman–Crippen LogP) is 4.30. The Morgan fingerprint density at radius 3 is 2.48 bits per heavy atom. The van der Waals surface area contributed by atoms with Gasteiger partial charge in [0.2, 0.25) is 5.78 Å². The maximum Gasteiger partial charge on any atom is 0.343 e. The van der Waals surface area contributed by atoms with Crippen LogP contribution >= 0.6 is 0 Å². The number of carbonyl (C=O) groups is 2. The van der Waals surface area contributed by atoms with Crippen LogP contribution in [0, 0.1) is 6.92 Å². The molecular weight excluding hydrogens is 394 g/mol. The zero-order chi connectivity index (χ0) is 22.2. The molecule has 0 spiro atoms. The Kier molecular flexibility index (Phi) is 7.27. The molecular formula is C25H25NO5. The van der Waals surface area contributed by atoms with Crippen molar-refractivity contribution in [3.63, 3.8) is 0 Å². The smallest absolute Gasteiger partial charge is 0.343 e. The van der Waals surface area contributed by atoms with Crippen molar-refractivity contribution in [2.75, 3.05) is 20.8 Å². The van der Waals surface area contributed by atoms with Crippen LogP contribution in [-0.2, 0) is 16.1 Å². The van der Waals surface area contributed by atoms with Crippen molar-refractivity contribution in [1.29, 1.82) is 0 Å². The average Bonchev–Trinajstić information content (AvgIpc) is 3.26. The molecule has 0 N–H and O–H groups in total. The monoisotopic (exact) mass is 419 g/mol. The Morgan fingerprint density at radius 1 is 1.00 bits per heavy atom. The summed E-state index contributed by atoms with van der Waals surface area (Å²) in [6.07, 6.45) is 5.76. The fourth-order valence-electron chi connectivity index (χ4n) is 3.04. The lowest BCUT2D eigenvalue weighted by Gasteiger charge is -2.10. The lowest BCUT2D eigenvalue weighted by molar-refractivity contribution is -0.142. The van der Waals surface area contributed by atoms with Gasteiger partial charge in [0, 0.05) is 18.3 Å². The molecule has 160 valence electrons. The second-order valence-corrected chi connectivity index (χ2v) is 6.92. The van der Waals surface area contributed by atoms with E-state index in [4.69, 9.17) is 9.47 Å². The Hall–Kier alpha value is -3.80. The van der Waals surface area contributed by atoms with E-state index in [0.29, 0.717) is 29.3 Å². The van der Waals surface area contributed by atoms with Crippen molar-refractivity contribution in [1.82, 2.24) is 4.57 Å². The first-order chi connectivity index (χ1) is 15.0. The zero-order valence-electron chi connectivity index (χ0n) is 17.8. The maximum atomic E-state index is 12.8. The normalized spacial score (nSPS) is 10.8. The maximum absolute atomic E-state index is 12.8. The van der Waals surface area contributed by atoms with Gasteiger partial charge in [0.25, 0.3) is 0 Å². The number of ether oxygens (including phenoxy) is 3. The topological polar surface area (TPSA) is 66.8 Å². The number of aromatic nitrogens is 1. The van der Waals surface area contributed by atoms with E-state index >= 15 is 0 Å². The summed E-state index contributed by atoms with van der Waals surface area (Å²) in [6.45, 7) is 2.32. The Bertz CT molecular complexity index is 1080. The molecule has 0 amide bonds. The first kappa shape index (κ1) is 21.9. The van der Waals surface area contributed by atoms with E-state index in [9.17, 15) is 9.59 Å². The number of ketones is 1. The summed E-state index contributed by atoms with van der Waals surface area (Å²) in [5.41, 5.74) is 3.28. The molecule has 6 heteroatoms. The third-order valence-corrected chi connectivity index (χ3v) is 4.75. The molecule has 0 atom stereocenters. The summed E-state index contributed by atoms with van der Waals surface area (Å²) in [4.78, 5) is 24.2. The first-order valence-corrected chi connectivity index (χ1v) is 9.82. The van der Waals surface area contributed by atoms with Gasteiger partial charge in [0.1, 0.15) is 0 Å². The number of hydrogen-bond donors (Lipinski definition) is 0. The van der Waals surface area contributed by atoms with Gasteiger partial charge in [-0.2, -0.15) is 0 Å². The minimum absolute atomic E-state index is 0.0126. The van der Waals surface area contributed by atoms with Crippen LogP contribution in [-0.4, -0.2) is 37.1 Å². The summed E-state index contributed by atoms with van der Waals surface area (Å²) in [6, 6.07) is 16.7. The molecule has 3 rings (SSSR count). The molecule has 0 unspecified atom stereocenters. The third kappa shape index (κ3) is 5.63. The lowest BCUT2D eigenvalue weighted by atomic mass is 10.1. The predicted molar refractivity (Wildman–Crippen MR) is 119 cm³/mol. The first-order valence-electron chi connectivity index (χ1n) is 9.82. The highest BCUT2D eigenvalue weighted by molar-refractivity contribution is 6.08. The van der Waals surface area contributed by atoms with Crippen LogP contribution in [0.15, 0.2) is 66.9 Å². The zero-order valence-corrected chi connectivity index (χ0v) is 17.8. The molecule has 1 aromatic heterocycles. The molecule has 3 aromatic rings. The summed E-state index contributed by atoms with van der Waals surface area (Å²) >= 11 is 0. The third-order valence-electron chi connectivity index (χ3n) is 4.75. The molecule has 0 radical (unpaired) electrons. The number of rotatable bonds is 9. The fourth-order valence-corrected chi connectivity index (χ4v) is 3.04. The molecule has 1 heterocycles. The van der Waals surface area contributed by atoms with Gasteiger partial charge in [-0.05, 0) is 36.8 Å². The van der Waals surface area contributed by atoms with Crippen molar-refractivity contribution in [3.05, 3.63) is 89.3 Å². The number of benzene rings is 2. The van der Waals surface area contributed by atoms with Crippen LogP contribution in [0.3, 0.4) is 0 Å². The van der Waals surface area contributed by atoms with Gasteiger partial charge in [-0.3, -0.25) is 4.79 Å². The number of carbonyl (C=O) groups excluding carboxylic acids is 2. The Morgan fingerprint density at radius 2 is 1.77 bits per heavy atom. The number of esters is 1. The molecule has 0 aliphatic heterocycles. The second kappa shape index (κ2) is 10.3. The van der Waals surface area contributed by atoms with Crippen LogP contribution in [0.2, 0.25) is 0 Å². The van der Waals surface area contributed by atoms with Gasteiger partial charge in [-0.15, -0.1) is 0 Å². The number of methoxy groups -OCH3 is 2. The van der Waals surface area contributed by atoms with E-state index in [1.54, 1.807) is 12.1 Å². The highest BCUT2D eigenvalue weighted by atomic mass is 16.6. The Balaban J connectivity index is 1.71. The van der Waals surface area contributed by atoms with Crippen LogP contribution in [0.4, 0.5) is 0 Å². The van der Waals surface area contributed by atoms with E-state index < -0.39 is 5.97 Å². The van der Waals surface area contributed by atoms with E-state index in [1.807, 2.05) is 72.3 Å². The molecule has 6 nitrogen and oxygen atoms in total. The second-order valence-electron chi connectivity index (χ2n) is 6.92. The highest BCUT2D eigenvalue weighted by Crippen LogP contribution is 2.28. The van der Waals surface area contributed by atoms with Crippen molar-refractivity contribution < 1.29 is 23.8 Å². The van der Waals surface area contributed by atoms with Gasteiger partial charge < -0.3 is 18.8 Å². The van der Waals surface area contributed by atoms with E-state index in [1.165, 1.54) is 14.2 Å². The van der Waals surface area contributed by atoms with E-state index in [-0.39, 0.29) is 12.4 Å². The van der Waals surface area contributed by atoms with Crippen molar-refractivity contribution in [3.8, 4) is 11.5 Å². The number of hydrogen-bond acceptors (Lipinski definition) is 5. The number of aryl methyl sites for hydroxylation is 1. The molecule has 31 heavy (non-hydrogen) atoms. The van der Waals surface area contributed by atoms with E-state index in [0.717, 1.165) is 11.1 Å². The molecule has 0 fully saturated rings. The fraction of sp³-hybridized carbons (Fsp3) is 0.200. The summed E-state index contributed by atoms with van der Waals surface area (Å²) in [5, 5.41) is 0. The number of nitrogens with zero attached hydrogens (tertiary/aromatic N) is 1. The van der Waals surface area contributed by atoms with Crippen molar-refractivity contribution >= 4 is 17.8 Å². The summed E-state index contributed by atoms with van der Waals surface area (Å²) in [7, 11) is 2.84. The van der Waals surface area contributed by atoms with Gasteiger partial charge >= 0.3 is 5.97 Å². The molecule has 0 aliphatic carbocycles. The van der Waals surface area contributed by atoms with Gasteiger partial charge in [0.05, 0.1) is 19.9 Å². The van der Waals surface area contributed by atoms with E-state index in [2.05, 4.69) is 4.74 Å². The Labute approximate surface area is 181 Å². The van der Waals surface area contributed by atoms with Gasteiger partial charge in [-0.1, -0.05) is 48.0 Å². The van der Waals surface area contributed by atoms with Gasteiger partial charge in [0.15, 0.2) is 18.1 Å². The molecule has 0 bridgehead atoms. The quantitative estimate of drug-likeness (QED) is 0.382. The van der Waals surface area contributed by atoms with Crippen LogP contribution in [0.1, 0.15) is 27.2 Å². The molecule has 0 saturated carbocycles. The standard InChI is InChI=1S/C25H25NO5/c1-18-8-11-20(12-9-18)25(28)21-7-5-15-26(21)14-4-6-19-10-13-22(29-2)23(16-19)31-17-24(27)30-3/h4-13,15-16H,14,17H2,1-3H3/b6-4+. The van der Waals surface area contributed by atoms with Crippen molar-refractivity contribution in [2.24, 2.45) is 0 Å². The molecule has 2 aromatic carbocycles.